The average molecular weight is 449 g/mol. The second-order valence-corrected chi connectivity index (χ2v) is 7.96. The van der Waals surface area contributed by atoms with Gasteiger partial charge in [-0.1, -0.05) is 36.4 Å². The van der Waals surface area contributed by atoms with Gasteiger partial charge in [0.05, 0.1) is 18.3 Å². The molecule has 1 aliphatic heterocycles. The number of hydrogen-bond donors (Lipinski definition) is 1. The molecule has 1 atom stereocenters. The van der Waals surface area contributed by atoms with E-state index in [0.717, 1.165) is 11.1 Å². The maximum Gasteiger partial charge on any atom is 0.338 e. The Balaban J connectivity index is 1.71. The van der Waals surface area contributed by atoms with Crippen molar-refractivity contribution in [1.82, 2.24) is 14.8 Å². The lowest BCUT2D eigenvalue weighted by molar-refractivity contribution is -0.143. The van der Waals surface area contributed by atoms with Crippen LogP contribution in [0.5, 0.6) is 11.5 Å². The van der Waals surface area contributed by atoms with Gasteiger partial charge in [0.25, 0.3) is 0 Å². The number of rotatable bonds is 8. The van der Waals surface area contributed by atoms with Crippen LogP contribution in [0.2, 0.25) is 0 Å². The summed E-state index contributed by atoms with van der Waals surface area (Å²) in [6.07, 6.45) is 1.21. The number of benzene rings is 2. The van der Waals surface area contributed by atoms with Gasteiger partial charge in [-0.2, -0.15) is 10.1 Å². The molecule has 2 aromatic carbocycles. The number of aromatic nitrogens is 3. The smallest absolute Gasteiger partial charge is 0.338 e. The highest BCUT2D eigenvalue weighted by Gasteiger charge is 2.35. The fourth-order valence-corrected chi connectivity index (χ4v) is 3.76. The molecule has 8 nitrogen and oxygen atoms in total. The minimum Gasteiger partial charge on any atom is -0.490 e. The van der Waals surface area contributed by atoms with Crippen molar-refractivity contribution < 1.29 is 19.0 Å². The van der Waals surface area contributed by atoms with Gasteiger partial charge in [-0.25, -0.2) is 9.48 Å². The molecule has 2 heterocycles. The van der Waals surface area contributed by atoms with Gasteiger partial charge in [0.15, 0.2) is 11.5 Å². The Morgan fingerprint density at radius 2 is 1.91 bits per heavy atom. The first-order valence-corrected chi connectivity index (χ1v) is 11.0. The normalized spacial score (nSPS) is 15.1. The first-order chi connectivity index (χ1) is 16.0. The molecular weight excluding hydrogens is 420 g/mol. The van der Waals surface area contributed by atoms with E-state index in [4.69, 9.17) is 14.2 Å². The molecule has 172 valence electrons. The molecule has 0 fully saturated rings. The van der Waals surface area contributed by atoms with E-state index in [1.807, 2.05) is 76.2 Å². The lowest BCUT2D eigenvalue weighted by atomic mass is 9.95. The number of ether oxygens (including phenoxy) is 3. The predicted octanol–water partition coefficient (Wildman–Crippen LogP) is 4.50. The fourth-order valence-electron chi connectivity index (χ4n) is 3.76. The highest BCUT2D eigenvalue weighted by atomic mass is 16.5. The third-order valence-corrected chi connectivity index (χ3v) is 5.18. The molecule has 0 radical (unpaired) electrons. The summed E-state index contributed by atoms with van der Waals surface area (Å²) in [5, 5.41) is 7.51. The maximum absolute atomic E-state index is 13.0. The lowest BCUT2D eigenvalue weighted by Crippen LogP contribution is -2.30. The van der Waals surface area contributed by atoms with E-state index in [9.17, 15) is 4.79 Å². The van der Waals surface area contributed by atoms with Gasteiger partial charge in [0, 0.05) is 5.70 Å². The van der Waals surface area contributed by atoms with E-state index in [0.29, 0.717) is 41.9 Å². The summed E-state index contributed by atoms with van der Waals surface area (Å²) < 4.78 is 19.2. The molecule has 1 N–H and O–H groups in total. The van der Waals surface area contributed by atoms with E-state index in [2.05, 4.69) is 15.4 Å². The molecule has 0 spiro atoms. The highest BCUT2D eigenvalue weighted by molar-refractivity contribution is 5.92. The average Bonchev–Trinajstić information content (AvgIpc) is 3.25. The van der Waals surface area contributed by atoms with Crippen LogP contribution < -0.4 is 14.8 Å². The van der Waals surface area contributed by atoms with Crippen LogP contribution in [-0.2, 0) is 16.1 Å². The second-order valence-electron chi connectivity index (χ2n) is 7.96. The third-order valence-electron chi connectivity index (χ3n) is 5.18. The number of nitrogens with one attached hydrogen (secondary N) is 1. The van der Waals surface area contributed by atoms with Crippen LogP contribution in [0.1, 0.15) is 44.9 Å². The zero-order chi connectivity index (χ0) is 23.4. The van der Waals surface area contributed by atoms with Crippen LogP contribution in [0.15, 0.2) is 66.1 Å². The van der Waals surface area contributed by atoms with Crippen molar-refractivity contribution >= 4 is 11.9 Å². The monoisotopic (exact) mass is 448 g/mol. The molecule has 1 aromatic heterocycles. The largest absolute Gasteiger partial charge is 0.490 e. The van der Waals surface area contributed by atoms with Crippen molar-refractivity contribution in [2.24, 2.45) is 0 Å². The first kappa shape index (κ1) is 22.4. The van der Waals surface area contributed by atoms with Crippen molar-refractivity contribution in [2.75, 3.05) is 11.9 Å². The van der Waals surface area contributed by atoms with Crippen LogP contribution in [0, 0.1) is 0 Å². The van der Waals surface area contributed by atoms with E-state index in [1.54, 1.807) is 4.68 Å². The van der Waals surface area contributed by atoms with Crippen LogP contribution in [0.25, 0.3) is 0 Å². The summed E-state index contributed by atoms with van der Waals surface area (Å²) in [6, 6.07) is 15.1. The van der Waals surface area contributed by atoms with E-state index in [-0.39, 0.29) is 6.10 Å². The molecule has 1 unspecified atom stereocenters. The number of nitrogens with zero attached hydrogens (tertiary/aromatic N) is 3. The standard InChI is InChI=1S/C25H28N4O4/c1-5-31-21-13-19(11-12-20(21)32-14-18-9-7-6-8-10-18)23-22(24(30)33-16(2)3)17(4)28-25-26-15-27-29(23)25/h6-13,15-16,23H,5,14H2,1-4H3,(H,26,27,28). The summed E-state index contributed by atoms with van der Waals surface area (Å²) in [7, 11) is 0. The number of carbonyl (C=O) groups is 1. The Labute approximate surface area is 193 Å². The van der Waals surface area contributed by atoms with Crippen molar-refractivity contribution in [3.05, 3.63) is 77.3 Å². The predicted molar refractivity (Wildman–Crippen MR) is 124 cm³/mol. The Morgan fingerprint density at radius 3 is 2.64 bits per heavy atom. The molecule has 33 heavy (non-hydrogen) atoms. The Hall–Kier alpha value is -3.81. The number of allylic oxidation sites excluding steroid dienone is 1. The SMILES string of the molecule is CCOc1cc(C2C(C(=O)OC(C)C)=C(C)Nc3ncnn32)ccc1OCc1ccccc1. The molecule has 0 bridgehead atoms. The van der Waals surface area contributed by atoms with Crippen LogP contribution in [0.3, 0.4) is 0 Å². The summed E-state index contributed by atoms with van der Waals surface area (Å²) in [4.78, 5) is 17.3. The second kappa shape index (κ2) is 9.77. The van der Waals surface area contributed by atoms with Gasteiger partial charge in [0.1, 0.15) is 19.0 Å². The molecule has 4 rings (SSSR count). The molecular formula is C25H28N4O4. The van der Waals surface area contributed by atoms with Crippen molar-refractivity contribution in [2.45, 2.75) is 46.4 Å². The van der Waals surface area contributed by atoms with Crippen LogP contribution >= 0.6 is 0 Å². The van der Waals surface area contributed by atoms with Crippen LogP contribution in [0.4, 0.5) is 5.95 Å². The van der Waals surface area contributed by atoms with E-state index in [1.165, 1.54) is 6.33 Å². The first-order valence-electron chi connectivity index (χ1n) is 11.0. The van der Waals surface area contributed by atoms with Gasteiger partial charge in [-0.15, -0.1) is 0 Å². The van der Waals surface area contributed by atoms with Gasteiger partial charge >= 0.3 is 5.97 Å². The van der Waals surface area contributed by atoms with Crippen molar-refractivity contribution in [3.63, 3.8) is 0 Å². The quantitative estimate of drug-likeness (QED) is 0.508. The minimum atomic E-state index is -0.516. The summed E-state index contributed by atoms with van der Waals surface area (Å²) in [6.45, 7) is 8.30. The van der Waals surface area contributed by atoms with Gasteiger partial charge in [-0.05, 0) is 51.0 Å². The lowest BCUT2D eigenvalue weighted by Gasteiger charge is -2.29. The number of fused-ring (bicyclic) bond motifs is 1. The zero-order valence-corrected chi connectivity index (χ0v) is 19.2. The summed E-state index contributed by atoms with van der Waals surface area (Å²) >= 11 is 0. The van der Waals surface area contributed by atoms with Crippen molar-refractivity contribution in [1.29, 1.82) is 0 Å². The van der Waals surface area contributed by atoms with Gasteiger partial charge < -0.3 is 19.5 Å². The Kier molecular flexibility index (Phi) is 6.63. The fraction of sp³-hybridized carbons (Fsp3) is 0.320. The molecule has 0 saturated heterocycles. The van der Waals surface area contributed by atoms with E-state index < -0.39 is 12.0 Å². The maximum atomic E-state index is 13.0. The summed E-state index contributed by atoms with van der Waals surface area (Å²) in [5.41, 5.74) is 3.02. The number of carbonyl (C=O) groups excluding carboxylic acids is 1. The van der Waals surface area contributed by atoms with Gasteiger partial charge in [-0.3, -0.25) is 0 Å². The van der Waals surface area contributed by atoms with Crippen LogP contribution in [-0.4, -0.2) is 33.4 Å². The third kappa shape index (κ3) is 4.84. The minimum absolute atomic E-state index is 0.247. The number of esters is 1. The molecule has 1 aliphatic rings. The van der Waals surface area contributed by atoms with Gasteiger partial charge in [0.2, 0.25) is 5.95 Å². The Bertz CT molecular complexity index is 1150. The molecule has 0 saturated carbocycles. The van der Waals surface area contributed by atoms with E-state index >= 15 is 0 Å². The molecule has 0 amide bonds. The highest BCUT2D eigenvalue weighted by Crippen LogP contribution is 2.39. The Morgan fingerprint density at radius 1 is 1.12 bits per heavy atom. The molecule has 0 aliphatic carbocycles. The number of hydrogen-bond acceptors (Lipinski definition) is 7. The topological polar surface area (TPSA) is 87.5 Å². The molecule has 8 heteroatoms. The number of anilines is 1. The van der Waals surface area contributed by atoms with Crippen molar-refractivity contribution in [3.8, 4) is 11.5 Å². The zero-order valence-electron chi connectivity index (χ0n) is 19.2. The summed E-state index contributed by atoms with van der Waals surface area (Å²) in [5.74, 6) is 1.38. The molecule has 3 aromatic rings.